The van der Waals surface area contributed by atoms with Gasteiger partial charge < -0.3 is 4.74 Å². The molecule has 0 atom stereocenters. The highest BCUT2D eigenvalue weighted by Crippen LogP contribution is 2.36. The van der Waals surface area contributed by atoms with Gasteiger partial charge in [-0.3, -0.25) is 4.79 Å². The maximum absolute atomic E-state index is 11.8. The lowest BCUT2D eigenvalue weighted by Gasteiger charge is -2.33. The summed E-state index contributed by atoms with van der Waals surface area (Å²) in [5, 5.41) is -0.427. The first kappa shape index (κ1) is 13.4. The van der Waals surface area contributed by atoms with Crippen LogP contribution in [-0.2, 0) is 14.3 Å². The van der Waals surface area contributed by atoms with Crippen molar-refractivity contribution in [2.45, 2.75) is 45.8 Å². The molecular weight excluding hydrogens is 196 g/mol. The largest absolute Gasteiger partial charge is 0.461 e. The zero-order valence-corrected chi connectivity index (χ0v) is 10.9. The molecule has 0 rings (SSSR count). The molecular formula is C10H20O3Si. The minimum atomic E-state index is -2.22. The Hall–Kier alpha value is -0.643. The van der Waals surface area contributed by atoms with Gasteiger partial charge in [-0.25, -0.2) is 4.79 Å². The molecule has 82 valence electrons. The molecule has 0 aliphatic rings. The molecule has 0 aromatic carbocycles. The summed E-state index contributed by atoms with van der Waals surface area (Å²) in [7, 11) is -2.22. The molecule has 0 fully saturated rings. The van der Waals surface area contributed by atoms with E-state index in [9.17, 15) is 9.59 Å². The van der Waals surface area contributed by atoms with Crippen LogP contribution in [0, 0.1) is 0 Å². The van der Waals surface area contributed by atoms with Gasteiger partial charge in [-0.15, -0.1) is 0 Å². The second kappa shape index (κ2) is 4.25. The summed E-state index contributed by atoms with van der Waals surface area (Å²) in [5.41, 5.74) is 0. The van der Waals surface area contributed by atoms with Gasteiger partial charge >= 0.3 is 5.97 Å². The zero-order chi connectivity index (χ0) is 11.6. The normalized spacial score (nSPS) is 12.4. The molecule has 0 bridgehead atoms. The number of hydrogen-bond donors (Lipinski definition) is 0. The van der Waals surface area contributed by atoms with Gasteiger partial charge in [-0.1, -0.05) is 33.9 Å². The third-order valence-electron chi connectivity index (χ3n) is 2.90. The van der Waals surface area contributed by atoms with E-state index in [0.29, 0.717) is 0 Å². The maximum Gasteiger partial charge on any atom is 0.369 e. The molecule has 3 nitrogen and oxygen atoms in total. The summed E-state index contributed by atoms with van der Waals surface area (Å²) < 4.78 is 4.73. The number of ether oxygens (including phenoxy) is 1. The van der Waals surface area contributed by atoms with Crippen molar-refractivity contribution in [1.82, 2.24) is 0 Å². The lowest BCUT2D eigenvalue weighted by atomic mass is 10.2. The molecule has 0 aromatic rings. The molecule has 0 saturated carbocycles. The van der Waals surface area contributed by atoms with Crippen LogP contribution >= 0.6 is 0 Å². The van der Waals surface area contributed by atoms with Crippen molar-refractivity contribution >= 4 is 19.4 Å². The molecule has 0 spiro atoms. The lowest BCUT2D eigenvalue weighted by molar-refractivity contribution is -0.150. The standard InChI is InChI=1S/C10H20O3Si/c1-7-13-8(11)9(12)14(5,6)10(2,3)4/h7H2,1-6H3. The second-order valence-corrected chi connectivity index (χ2v) is 10.1. The predicted molar refractivity (Wildman–Crippen MR) is 58.8 cm³/mol. The topological polar surface area (TPSA) is 43.4 Å². The highest BCUT2D eigenvalue weighted by atomic mass is 28.3. The first-order valence-electron chi connectivity index (χ1n) is 4.86. The van der Waals surface area contributed by atoms with Crippen LogP contribution in [0.3, 0.4) is 0 Å². The lowest BCUT2D eigenvalue weighted by Crippen LogP contribution is -2.50. The predicted octanol–water partition coefficient (Wildman–Crippen LogP) is 2.17. The quantitative estimate of drug-likeness (QED) is 0.412. The molecule has 0 aromatic heterocycles. The van der Waals surface area contributed by atoms with Crippen LogP contribution in [0.1, 0.15) is 27.7 Å². The number of esters is 1. The smallest absolute Gasteiger partial charge is 0.369 e. The van der Waals surface area contributed by atoms with Crippen molar-refractivity contribution < 1.29 is 14.3 Å². The molecule has 0 radical (unpaired) electrons. The summed E-state index contributed by atoms with van der Waals surface area (Å²) in [4.78, 5) is 23.1. The Bertz CT molecular complexity index is 238. The Balaban J connectivity index is 4.76. The van der Waals surface area contributed by atoms with Crippen LogP contribution in [0.5, 0.6) is 0 Å². The van der Waals surface area contributed by atoms with E-state index in [1.165, 1.54) is 0 Å². The van der Waals surface area contributed by atoms with Crippen LogP contribution in [0.25, 0.3) is 0 Å². The first-order valence-corrected chi connectivity index (χ1v) is 7.86. The van der Waals surface area contributed by atoms with Gasteiger partial charge in [0.25, 0.3) is 0 Å². The Morgan fingerprint density at radius 1 is 1.21 bits per heavy atom. The van der Waals surface area contributed by atoms with Gasteiger partial charge in [0.05, 0.1) is 6.61 Å². The molecule has 0 N–H and O–H groups in total. The van der Waals surface area contributed by atoms with Crippen molar-refractivity contribution in [3.8, 4) is 0 Å². The van der Waals surface area contributed by atoms with Crippen LogP contribution in [0.4, 0.5) is 0 Å². The molecule has 0 heterocycles. The highest BCUT2D eigenvalue weighted by Gasteiger charge is 2.45. The molecule has 0 amide bonds. The Labute approximate surface area is 86.8 Å². The summed E-state index contributed by atoms with van der Waals surface area (Å²) >= 11 is 0. The number of carbonyl (C=O) groups is 2. The van der Waals surface area contributed by atoms with Gasteiger partial charge in [-0.2, -0.15) is 0 Å². The van der Waals surface area contributed by atoms with Crippen LogP contribution in [0.2, 0.25) is 18.1 Å². The van der Waals surface area contributed by atoms with Gasteiger partial charge in [0.1, 0.15) is 8.07 Å². The van der Waals surface area contributed by atoms with Crippen LogP contribution < -0.4 is 0 Å². The van der Waals surface area contributed by atoms with Crippen LogP contribution in [-0.4, -0.2) is 26.1 Å². The van der Waals surface area contributed by atoms with Crippen molar-refractivity contribution in [2.75, 3.05) is 6.61 Å². The first-order chi connectivity index (χ1) is 6.14. The second-order valence-electron chi connectivity index (χ2n) is 4.92. The Morgan fingerprint density at radius 2 is 1.64 bits per heavy atom. The van der Waals surface area contributed by atoms with Crippen LogP contribution in [0.15, 0.2) is 0 Å². The van der Waals surface area contributed by atoms with Crippen molar-refractivity contribution in [3.05, 3.63) is 0 Å². The molecule has 4 heteroatoms. The summed E-state index contributed by atoms with van der Waals surface area (Å²) in [6, 6.07) is 0. The summed E-state index contributed by atoms with van der Waals surface area (Å²) in [6.45, 7) is 11.8. The third-order valence-corrected chi connectivity index (χ3v) is 7.99. The monoisotopic (exact) mass is 216 g/mol. The zero-order valence-electron chi connectivity index (χ0n) is 9.93. The van der Waals surface area contributed by atoms with Gasteiger partial charge in [-0.05, 0) is 12.0 Å². The van der Waals surface area contributed by atoms with E-state index in [1.54, 1.807) is 6.92 Å². The average molecular weight is 216 g/mol. The maximum atomic E-state index is 11.8. The minimum absolute atomic E-state index is 0.114. The molecule has 0 unspecified atom stereocenters. The van der Waals surface area contributed by atoms with Crippen molar-refractivity contribution in [2.24, 2.45) is 0 Å². The van der Waals surface area contributed by atoms with Gasteiger partial charge in [0.15, 0.2) is 0 Å². The Kier molecular flexibility index (Phi) is 4.06. The number of carbonyl (C=O) groups excluding carboxylic acids is 2. The van der Waals surface area contributed by atoms with Gasteiger partial charge in [0, 0.05) is 0 Å². The van der Waals surface area contributed by atoms with E-state index < -0.39 is 14.0 Å². The SMILES string of the molecule is CCOC(=O)C(=O)[Si](C)(C)C(C)(C)C. The molecule has 0 aliphatic carbocycles. The fourth-order valence-corrected chi connectivity index (χ4v) is 2.06. The van der Waals surface area contributed by atoms with E-state index in [0.717, 1.165) is 0 Å². The molecule has 0 saturated heterocycles. The van der Waals surface area contributed by atoms with E-state index in [-0.39, 0.29) is 17.1 Å². The van der Waals surface area contributed by atoms with E-state index >= 15 is 0 Å². The Morgan fingerprint density at radius 3 is 1.93 bits per heavy atom. The van der Waals surface area contributed by atoms with Crippen molar-refractivity contribution in [1.29, 1.82) is 0 Å². The van der Waals surface area contributed by atoms with Gasteiger partial charge in [0.2, 0.25) is 5.41 Å². The number of hydrogen-bond acceptors (Lipinski definition) is 3. The molecule has 14 heavy (non-hydrogen) atoms. The highest BCUT2D eigenvalue weighted by molar-refractivity contribution is 7.13. The average Bonchev–Trinajstić information content (AvgIpc) is 2.01. The fraction of sp³-hybridized carbons (Fsp3) is 0.800. The molecule has 0 aliphatic heterocycles. The minimum Gasteiger partial charge on any atom is -0.461 e. The third kappa shape index (κ3) is 2.67. The number of rotatable bonds is 3. The summed E-state index contributed by atoms with van der Waals surface area (Å²) in [5.74, 6) is -0.668. The van der Waals surface area contributed by atoms with E-state index in [1.807, 2.05) is 33.9 Å². The van der Waals surface area contributed by atoms with E-state index in [2.05, 4.69) is 0 Å². The summed E-state index contributed by atoms with van der Waals surface area (Å²) in [6.07, 6.45) is 0. The van der Waals surface area contributed by atoms with Crippen molar-refractivity contribution in [3.63, 3.8) is 0 Å². The fourth-order valence-electron chi connectivity index (χ4n) is 0.792. The van der Waals surface area contributed by atoms with E-state index in [4.69, 9.17) is 4.74 Å².